The van der Waals surface area contributed by atoms with Crippen LogP contribution in [0.1, 0.15) is 21.7 Å². The molecule has 2 heterocycles. The van der Waals surface area contributed by atoms with E-state index in [4.69, 9.17) is 9.52 Å². The quantitative estimate of drug-likeness (QED) is 0.496. The Hall–Kier alpha value is -4.46. The second-order valence-electron chi connectivity index (χ2n) is 6.88. The van der Waals surface area contributed by atoms with Gasteiger partial charge in [0, 0.05) is 5.56 Å². The van der Waals surface area contributed by atoms with Crippen LogP contribution in [-0.4, -0.2) is 28.9 Å². The second kappa shape index (κ2) is 7.75. The summed E-state index contributed by atoms with van der Waals surface area (Å²) in [5.74, 6) is -2.11. The Kier molecular flexibility index (Phi) is 4.96. The van der Waals surface area contributed by atoms with Crippen LogP contribution in [0.3, 0.4) is 0 Å². The molecule has 0 radical (unpaired) electrons. The molecule has 0 atom stereocenters. The molecule has 2 aromatic carbocycles. The zero-order chi connectivity index (χ0) is 22.1. The summed E-state index contributed by atoms with van der Waals surface area (Å²) in [6, 6.07) is 15.2. The van der Waals surface area contributed by atoms with Crippen molar-refractivity contribution in [2.24, 2.45) is 0 Å². The van der Waals surface area contributed by atoms with Crippen molar-refractivity contribution < 1.29 is 28.7 Å². The number of carboxylic acid groups (broad SMARTS) is 1. The summed E-state index contributed by atoms with van der Waals surface area (Å²) in [4.78, 5) is 49.5. The lowest BCUT2D eigenvalue weighted by molar-refractivity contribution is -0.122. The SMILES string of the molecule is Cc1ccc(N2C(=O)NC(=O)C(=Cc3ccc(-c4cccc(C(=O)O)c4)o3)C2=O)cc1. The fraction of sp³-hybridized carbons (Fsp3) is 0.0435. The van der Waals surface area contributed by atoms with Gasteiger partial charge in [0.2, 0.25) is 0 Å². The monoisotopic (exact) mass is 416 g/mol. The normalized spacial score (nSPS) is 15.3. The number of hydrogen-bond acceptors (Lipinski definition) is 5. The number of barbiturate groups is 1. The van der Waals surface area contributed by atoms with Crippen LogP contribution in [0.2, 0.25) is 0 Å². The number of anilines is 1. The lowest BCUT2D eigenvalue weighted by atomic mass is 10.1. The average Bonchev–Trinajstić information content (AvgIpc) is 3.21. The van der Waals surface area contributed by atoms with Gasteiger partial charge in [-0.25, -0.2) is 14.5 Å². The van der Waals surface area contributed by atoms with Crippen molar-refractivity contribution in [1.82, 2.24) is 5.32 Å². The van der Waals surface area contributed by atoms with Gasteiger partial charge in [-0.15, -0.1) is 0 Å². The minimum absolute atomic E-state index is 0.0999. The van der Waals surface area contributed by atoms with E-state index in [0.29, 0.717) is 17.0 Å². The number of nitrogens with one attached hydrogen (secondary N) is 1. The van der Waals surface area contributed by atoms with Gasteiger partial charge in [0.15, 0.2) is 0 Å². The lowest BCUT2D eigenvalue weighted by Gasteiger charge is -2.26. The Balaban J connectivity index is 1.66. The first kappa shape index (κ1) is 19.8. The summed E-state index contributed by atoms with van der Waals surface area (Å²) in [5.41, 5.74) is 1.65. The van der Waals surface area contributed by atoms with E-state index in [0.717, 1.165) is 10.5 Å². The number of aryl methyl sites for hydroxylation is 1. The topological polar surface area (TPSA) is 117 Å². The van der Waals surface area contributed by atoms with E-state index >= 15 is 0 Å². The summed E-state index contributed by atoms with van der Waals surface area (Å²) < 4.78 is 5.68. The molecule has 1 aliphatic rings. The van der Waals surface area contributed by atoms with Gasteiger partial charge in [-0.2, -0.15) is 0 Å². The van der Waals surface area contributed by atoms with Crippen LogP contribution in [0, 0.1) is 6.92 Å². The number of benzene rings is 2. The summed E-state index contributed by atoms with van der Waals surface area (Å²) in [6.07, 6.45) is 1.25. The number of furan rings is 1. The molecule has 8 nitrogen and oxygen atoms in total. The molecule has 0 bridgehead atoms. The van der Waals surface area contributed by atoms with Crippen molar-refractivity contribution in [2.75, 3.05) is 4.90 Å². The molecule has 1 saturated heterocycles. The maximum atomic E-state index is 12.9. The highest BCUT2D eigenvalue weighted by Gasteiger charge is 2.37. The molecule has 0 spiro atoms. The first-order valence-electron chi connectivity index (χ1n) is 9.25. The average molecular weight is 416 g/mol. The first-order chi connectivity index (χ1) is 14.8. The van der Waals surface area contributed by atoms with Crippen molar-refractivity contribution >= 4 is 35.6 Å². The van der Waals surface area contributed by atoms with Crippen LogP contribution in [-0.2, 0) is 9.59 Å². The zero-order valence-electron chi connectivity index (χ0n) is 16.3. The lowest BCUT2D eigenvalue weighted by Crippen LogP contribution is -2.54. The molecule has 3 aromatic rings. The van der Waals surface area contributed by atoms with E-state index in [1.165, 1.54) is 18.2 Å². The summed E-state index contributed by atoms with van der Waals surface area (Å²) in [7, 11) is 0. The predicted molar refractivity (Wildman–Crippen MR) is 111 cm³/mol. The highest BCUT2D eigenvalue weighted by molar-refractivity contribution is 6.39. The van der Waals surface area contributed by atoms with Crippen LogP contribution >= 0.6 is 0 Å². The number of carboxylic acids is 1. The number of carbonyl (C=O) groups excluding carboxylic acids is 3. The highest BCUT2D eigenvalue weighted by Crippen LogP contribution is 2.26. The third-order valence-electron chi connectivity index (χ3n) is 4.70. The molecule has 1 aromatic heterocycles. The van der Waals surface area contributed by atoms with Gasteiger partial charge in [0.25, 0.3) is 11.8 Å². The molecule has 4 amide bonds. The number of imide groups is 2. The van der Waals surface area contributed by atoms with Crippen LogP contribution in [0.4, 0.5) is 10.5 Å². The second-order valence-corrected chi connectivity index (χ2v) is 6.88. The van der Waals surface area contributed by atoms with Gasteiger partial charge in [0.05, 0.1) is 11.3 Å². The standard InChI is InChI=1S/C23H16N2O6/c1-13-5-7-16(8-6-13)25-21(27)18(20(26)24-23(25)30)12-17-9-10-19(31-17)14-3-2-4-15(11-14)22(28)29/h2-12H,1H3,(H,28,29)(H,24,26,30). The summed E-state index contributed by atoms with van der Waals surface area (Å²) in [6.45, 7) is 1.87. The number of amides is 4. The molecule has 0 aliphatic carbocycles. The Bertz CT molecular complexity index is 1250. The third kappa shape index (κ3) is 3.86. The molecule has 8 heteroatoms. The van der Waals surface area contributed by atoms with E-state index in [1.807, 2.05) is 6.92 Å². The number of nitrogens with zero attached hydrogens (tertiary/aromatic N) is 1. The Morgan fingerprint density at radius 2 is 1.77 bits per heavy atom. The van der Waals surface area contributed by atoms with Gasteiger partial charge < -0.3 is 9.52 Å². The van der Waals surface area contributed by atoms with Crippen LogP contribution in [0.25, 0.3) is 17.4 Å². The van der Waals surface area contributed by atoms with Gasteiger partial charge in [0.1, 0.15) is 17.1 Å². The first-order valence-corrected chi connectivity index (χ1v) is 9.25. The van der Waals surface area contributed by atoms with Gasteiger partial charge in [-0.05, 0) is 49.4 Å². The predicted octanol–water partition coefficient (Wildman–Crippen LogP) is 3.62. The summed E-state index contributed by atoms with van der Waals surface area (Å²) in [5, 5.41) is 11.3. The molecule has 4 rings (SSSR count). The maximum Gasteiger partial charge on any atom is 0.335 e. The smallest absolute Gasteiger partial charge is 0.335 e. The number of hydrogen-bond donors (Lipinski definition) is 2. The number of aromatic carboxylic acids is 1. The minimum atomic E-state index is -1.07. The molecule has 1 fully saturated rings. The van der Waals surface area contributed by atoms with Gasteiger partial charge >= 0.3 is 12.0 Å². The maximum absolute atomic E-state index is 12.9. The minimum Gasteiger partial charge on any atom is -0.478 e. The van der Waals surface area contributed by atoms with E-state index in [2.05, 4.69) is 5.32 Å². The molecule has 154 valence electrons. The molecule has 0 saturated carbocycles. The van der Waals surface area contributed by atoms with Gasteiger partial charge in [-0.3, -0.25) is 14.9 Å². The van der Waals surface area contributed by atoms with Crippen molar-refractivity contribution in [3.05, 3.63) is 83.1 Å². The number of carbonyl (C=O) groups is 4. The van der Waals surface area contributed by atoms with Gasteiger partial charge in [-0.1, -0.05) is 29.8 Å². The van der Waals surface area contributed by atoms with Crippen molar-refractivity contribution in [2.45, 2.75) is 6.92 Å². The molecule has 0 unspecified atom stereocenters. The van der Waals surface area contributed by atoms with Crippen LogP contribution < -0.4 is 10.2 Å². The fourth-order valence-corrected chi connectivity index (χ4v) is 3.12. The van der Waals surface area contributed by atoms with Crippen molar-refractivity contribution in [1.29, 1.82) is 0 Å². The van der Waals surface area contributed by atoms with E-state index in [1.54, 1.807) is 48.5 Å². The Labute approximate surface area is 176 Å². The van der Waals surface area contributed by atoms with E-state index in [-0.39, 0.29) is 16.9 Å². The fourth-order valence-electron chi connectivity index (χ4n) is 3.12. The molecule has 1 aliphatic heterocycles. The number of urea groups is 1. The van der Waals surface area contributed by atoms with E-state index < -0.39 is 23.8 Å². The molecular weight excluding hydrogens is 400 g/mol. The number of rotatable bonds is 4. The third-order valence-corrected chi connectivity index (χ3v) is 4.70. The molecular formula is C23H16N2O6. The van der Waals surface area contributed by atoms with Crippen LogP contribution in [0.15, 0.2) is 70.7 Å². The largest absolute Gasteiger partial charge is 0.478 e. The van der Waals surface area contributed by atoms with Crippen molar-refractivity contribution in [3.8, 4) is 11.3 Å². The summed E-state index contributed by atoms with van der Waals surface area (Å²) >= 11 is 0. The van der Waals surface area contributed by atoms with Crippen molar-refractivity contribution in [3.63, 3.8) is 0 Å². The molecule has 2 N–H and O–H groups in total. The molecule has 31 heavy (non-hydrogen) atoms. The Morgan fingerprint density at radius 1 is 1.03 bits per heavy atom. The Morgan fingerprint density at radius 3 is 2.48 bits per heavy atom. The highest BCUT2D eigenvalue weighted by atomic mass is 16.4. The zero-order valence-corrected chi connectivity index (χ0v) is 16.3. The van der Waals surface area contributed by atoms with Crippen LogP contribution in [0.5, 0.6) is 0 Å². The van der Waals surface area contributed by atoms with E-state index in [9.17, 15) is 19.2 Å².